The van der Waals surface area contributed by atoms with Gasteiger partial charge in [-0.1, -0.05) is 36.8 Å². The third-order valence-corrected chi connectivity index (χ3v) is 4.81. The van der Waals surface area contributed by atoms with Crippen molar-refractivity contribution in [1.29, 1.82) is 0 Å². The van der Waals surface area contributed by atoms with Crippen LogP contribution >= 0.6 is 0 Å². The lowest BCUT2D eigenvalue weighted by Crippen LogP contribution is -2.26. The SMILES string of the molecule is OCCC1CCCC1Nc1cc(-c2ccccc2)nc2ncnn12. The molecule has 0 saturated heterocycles. The van der Waals surface area contributed by atoms with Crippen LogP contribution in [0.5, 0.6) is 0 Å². The minimum Gasteiger partial charge on any atom is -0.396 e. The van der Waals surface area contributed by atoms with Gasteiger partial charge in [-0.15, -0.1) is 0 Å². The second-order valence-corrected chi connectivity index (χ2v) is 6.32. The van der Waals surface area contributed by atoms with E-state index in [1.807, 2.05) is 36.4 Å². The van der Waals surface area contributed by atoms with Crippen molar-refractivity contribution >= 4 is 11.6 Å². The van der Waals surface area contributed by atoms with Gasteiger partial charge in [-0.2, -0.15) is 14.6 Å². The van der Waals surface area contributed by atoms with Gasteiger partial charge in [0.25, 0.3) is 5.78 Å². The van der Waals surface area contributed by atoms with Gasteiger partial charge >= 0.3 is 0 Å². The maximum atomic E-state index is 9.28. The van der Waals surface area contributed by atoms with Crippen molar-refractivity contribution in [3.63, 3.8) is 0 Å². The fourth-order valence-electron chi connectivity index (χ4n) is 3.60. The highest BCUT2D eigenvalue weighted by molar-refractivity contribution is 5.65. The van der Waals surface area contributed by atoms with Gasteiger partial charge in [0.15, 0.2) is 0 Å². The van der Waals surface area contributed by atoms with Crippen LogP contribution < -0.4 is 5.32 Å². The van der Waals surface area contributed by atoms with Crippen LogP contribution in [0.4, 0.5) is 5.82 Å². The van der Waals surface area contributed by atoms with Crippen LogP contribution in [0.1, 0.15) is 25.7 Å². The minimum absolute atomic E-state index is 0.243. The van der Waals surface area contributed by atoms with Crippen LogP contribution in [-0.2, 0) is 0 Å². The summed E-state index contributed by atoms with van der Waals surface area (Å²) in [7, 11) is 0. The first-order valence-corrected chi connectivity index (χ1v) is 8.49. The topological polar surface area (TPSA) is 75.3 Å². The molecule has 6 heteroatoms. The Bertz CT molecular complexity index is 817. The summed E-state index contributed by atoms with van der Waals surface area (Å²) < 4.78 is 1.75. The van der Waals surface area contributed by atoms with Gasteiger partial charge < -0.3 is 10.4 Å². The standard InChI is InChI=1S/C18H21N5O/c24-10-9-14-7-4-8-15(14)21-17-11-16(13-5-2-1-3-6-13)22-18-19-12-20-23(17)18/h1-3,5-6,11-12,14-15,21,24H,4,7-10H2. The van der Waals surface area contributed by atoms with Gasteiger partial charge in [0.1, 0.15) is 12.1 Å². The summed E-state index contributed by atoms with van der Waals surface area (Å²) in [5, 5.41) is 17.2. The van der Waals surface area contributed by atoms with Gasteiger partial charge in [-0.3, -0.25) is 0 Å². The predicted molar refractivity (Wildman–Crippen MR) is 92.7 cm³/mol. The molecule has 1 aromatic carbocycles. The summed E-state index contributed by atoms with van der Waals surface area (Å²) in [4.78, 5) is 8.86. The number of nitrogens with one attached hydrogen (secondary N) is 1. The minimum atomic E-state index is 0.243. The third-order valence-electron chi connectivity index (χ3n) is 4.81. The summed E-state index contributed by atoms with van der Waals surface area (Å²) in [6, 6.07) is 12.5. The second kappa shape index (κ2) is 6.57. The number of rotatable bonds is 5. The molecule has 0 aliphatic heterocycles. The Morgan fingerprint density at radius 3 is 2.92 bits per heavy atom. The van der Waals surface area contributed by atoms with Crippen molar-refractivity contribution in [2.24, 2.45) is 5.92 Å². The first kappa shape index (κ1) is 15.1. The molecule has 1 aliphatic rings. The fraction of sp³-hybridized carbons (Fsp3) is 0.389. The molecule has 2 N–H and O–H groups in total. The van der Waals surface area contributed by atoms with Gasteiger partial charge in [0, 0.05) is 24.3 Å². The van der Waals surface area contributed by atoms with Crippen molar-refractivity contribution in [3.8, 4) is 11.3 Å². The average molecular weight is 323 g/mol. The van der Waals surface area contributed by atoms with E-state index >= 15 is 0 Å². The van der Waals surface area contributed by atoms with Crippen molar-refractivity contribution in [2.75, 3.05) is 11.9 Å². The number of benzene rings is 1. The molecule has 0 amide bonds. The van der Waals surface area contributed by atoms with E-state index in [0.717, 1.165) is 36.3 Å². The normalized spacial score (nSPS) is 20.5. The second-order valence-electron chi connectivity index (χ2n) is 6.32. The summed E-state index contributed by atoms with van der Waals surface area (Å²) in [5.74, 6) is 2.00. The number of anilines is 1. The zero-order chi connectivity index (χ0) is 16.4. The zero-order valence-electron chi connectivity index (χ0n) is 13.5. The lowest BCUT2D eigenvalue weighted by atomic mass is 10.00. The predicted octanol–water partition coefficient (Wildman–Crippen LogP) is 2.75. The number of aliphatic hydroxyl groups is 1. The van der Waals surface area contributed by atoms with Crippen LogP contribution in [0.15, 0.2) is 42.7 Å². The Morgan fingerprint density at radius 2 is 2.08 bits per heavy atom. The molecule has 24 heavy (non-hydrogen) atoms. The number of hydrogen-bond donors (Lipinski definition) is 2. The molecule has 6 nitrogen and oxygen atoms in total. The largest absolute Gasteiger partial charge is 0.396 e. The molecule has 4 rings (SSSR count). The van der Waals surface area contributed by atoms with Crippen molar-refractivity contribution in [2.45, 2.75) is 31.7 Å². The summed E-state index contributed by atoms with van der Waals surface area (Å²) in [5.41, 5.74) is 1.94. The number of hydrogen-bond acceptors (Lipinski definition) is 5. The van der Waals surface area contributed by atoms with Crippen LogP contribution in [0.3, 0.4) is 0 Å². The summed E-state index contributed by atoms with van der Waals surface area (Å²) in [6.07, 6.45) is 5.84. The van der Waals surface area contributed by atoms with E-state index in [-0.39, 0.29) is 6.61 Å². The number of aliphatic hydroxyl groups excluding tert-OH is 1. The number of aromatic nitrogens is 4. The quantitative estimate of drug-likeness (QED) is 0.755. The van der Waals surface area contributed by atoms with Crippen LogP contribution in [0.2, 0.25) is 0 Å². The van der Waals surface area contributed by atoms with E-state index in [9.17, 15) is 5.11 Å². The average Bonchev–Trinajstić information content (AvgIpc) is 3.25. The Hall–Kier alpha value is -2.47. The molecular formula is C18H21N5O. The molecule has 124 valence electrons. The summed E-state index contributed by atoms with van der Waals surface area (Å²) >= 11 is 0. The van der Waals surface area contributed by atoms with E-state index in [2.05, 4.69) is 20.4 Å². The molecule has 3 aromatic rings. The van der Waals surface area contributed by atoms with Crippen molar-refractivity contribution in [3.05, 3.63) is 42.7 Å². The van der Waals surface area contributed by atoms with Gasteiger partial charge in [0.2, 0.25) is 0 Å². The van der Waals surface area contributed by atoms with E-state index < -0.39 is 0 Å². The first-order chi connectivity index (χ1) is 11.8. The maximum Gasteiger partial charge on any atom is 0.254 e. The smallest absolute Gasteiger partial charge is 0.254 e. The van der Waals surface area contributed by atoms with Crippen LogP contribution in [-0.4, -0.2) is 37.3 Å². The molecular weight excluding hydrogens is 302 g/mol. The van der Waals surface area contributed by atoms with E-state index in [1.165, 1.54) is 12.7 Å². The number of nitrogens with zero attached hydrogens (tertiary/aromatic N) is 4. The van der Waals surface area contributed by atoms with Crippen molar-refractivity contribution < 1.29 is 5.11 Å². The first-order valence-electron chi connectivity index (χ1n) is 8.49. The highest BCUT2D eigenvalue weighted by atomic mass is 16.3. The molecule has 2 atom stereocenters. The van der Waals surface area contributed by atoms with Crippen molar-refractivity contribution in [1.82, 2.24) is 19.6 Å². The Kier molecular flexibility index (Phi) is 4.13. The van der Waals surface area contributed by atoms with Crippen LogP contribution in [0.25, 0.3) is 17.0 Å². The Balaban J connectivity index is 1.70. The molecule has 2 unspecified atom stereocenters. The molecule has 1 fully saturated rings. The van der Waals surface area contributed by atoms with Gasteiger partial charge in [-0.05, 0) is 25.2 Å². The molecule has 2 aromatic heterocycles. The number of fused-ring (bicyclic) bond motifs is 1. The maximum absolute atomic E-state index is 9.28. The molecule has 1 saturated carbocycles. The molecule has 2 heterocycles. The highest BCUT2D eigenvalue weighted by Crippen LogP contribution is 2.31. The molecule has 0 radical (unpaired) electrons. The molecule has 1 aliphatic carbocycles. The highest BCUT2D eigenvalue weighted by Gasteiger charge is 2.27. The van der Waals surface area contributed by atoms with E-state index in [1.54, 1.807) is 4.52 Å². The lowest BCUT2D eigenvalue weighted by Gasteiger charge is -2.22. The van der Waals surface area contributed by atoms with Gasteiger partial charge in [-0.25, -0.2) is 4.98 Å². The summed E-state index contributed by atoms with van der Waals surface area (Å²) in [6.45, 7) is 0.243. The Labute approximate surface area is 140 Å². The van der Waals surface area contributed by atoms with Gasteiger partial charge in [0.05, 0.1) is 5.69 Å². The zero-order valence-corrected chi connectivity index (χ0v) is 13.5. The van der Waals surface area contributed by atoms with Crippen LogP contribution in [0, 0.1) is 5.92 Å². The molecule has 0 spiro atoms. The Morgan fingerprint density at radius 1 is 1.21 bits per heavy atom. The van der Waals surface area contributed by atoms with E-state index in [4.69, 9.17) is 0 Å². The molecule has 0 bridgehead atoms. The lowest BCUT2D eigenvalue weighted by molar-refractivity contribution is 0.254. The van der Waals surface area contributed by atoms with E-state index in [0.29, 0.717) is 17.7 Å². The fourth-order valence-corrected chi connectivity index (χ4v) is 3.60. The third kappa shape index (κ3) is 2.85. The monoisotopic (exact) mass is 323 g/mol.